The summed E-state index contributed by atoms with van der Waals surface area (Å²) in [6, 6.07) is 6.54. The Balaban J connectivity index is 2.63. The van der Waals surface area contributed by atoms with Gasteiger partial charge in [-0.05, 0) is 18.1 Å². The van der Waals surface area contributed by atoms with E-state index in [4.69, 9.17) is 5.26 Å². The highest BCUT2D eigenvalue weighted by Crippen LogP contribution is 2.25. The highest BCUT2D eigenvalue weighted by atomic mass is 16.2. The van der Waals surface area contributed by atoms with Gasteiger partial charge in [0, 0.05) is 11.5 Å². The number of benzene rings is 1. The number of nitriles is 1. The van der Waals surface area contributed by atoms with E-state index >= 15 is 0 Å². The molecule has 1 aromatic carbocycles. The fraction of sp³-hybridized carbons (Fsp3) is 0. The lowest BCUT2D eigenvalue weighted by molar-refractivity contribution is -0.112. The summed E-state index contributed by atoms with van der Waals surface area (Å²) in [4.78, 5) is 22.5. The smallest absolute Gasteiger partial charge is 0.296 e. The Labute approximate surface area is 85.5 Å². The summed E-state index contributed by atoms with van der Waals surface area (Å²) >= 11 is 0. The average molecular weight is 196 g/mol. The minimum absolute atomic E-state index is 0.255. The standard InChI is InChI=1S/C11H4N2O2/c12-6-2-4-7-3-1-5-8-9(7)10(14)11(15)13-8/h1,3,5H,(H,13,14,15). The zero-order chi connectivity index (χ0) is 10.8. The van der Waals surface area contributed by atoms with Crippen LogP contribution in [-0.4, -0.2) is 11.7 Å². The molecule has 0 saturated carbocycles. The summed E-state index contributed by atoms with van der Waals surface area (Å²) in [6.45, 7) is 0. The molecule has 15 heavy (non-hydrogen) atoms. The van der Waals surface area contributed by atoms with Gasteiger partial charge >= 0.3 is 0 Å². The first-order valence-corrected chi connectivity index (χ1v) is 4.13. The zero-order valence-electron chi connectivity index (χ0n) is 7.50. The number of hydrogen-bond donors (Lipinski definition) is 1. The lowest BCUT2D eigenvalue weighted by Crippen LogP contribution is -2.12. The van der Waals surface area contributed by atoms with E-state index in [2.05, 4.69) is 17.2 Å². The van der Waals surface area contributed by atoms with Gasteiger partial charge in [0.1, 0.15) is 0 Å². The second-order valence-corrected chi connectivity index (χ2v) is 2.87. The number of ketones is 1. The molecule has 1 aromatic rings. The van der Waals surface area contributed by atoms with Gasteiger partial charge in [-0.2, -0.15) is 5.26 Å². The fourth-order valence-corrected chi connectivity index (χ4v) is 1.39. The average Bonchev–Trinajstić information content (AvgIpc) is 2.53. The first kappa shape index (κ1) is 8.98. The molecule has 0 aliphatic carbocycles. The number of carbonyl (C=O) groups is 2. The van der Waals surface area contributed by atoms with Gasteiger partial charge in [0.2, 0.25) is 0 Å². The zero-order valence-corrected chi connectivity index (χ0v) is 7.50. The van der Waals surface area contributed by atoms with Crippen LogP contribution in [0.3, 0.4) is 0 Å². The van der Waals surface area contributed by atoms with Crippen LogP contribution < -0.4 is 5.32 Å². The Hall–Kier alpha value is -2.59. The van der Waals surface area contributed by atoms with Gasteiger partial charge in [0.25, 0.3) is 11.7 Å². The summed E-state index contributed by atoms with van der Waals surface area (Å²) in [6.07, 6.45) is 0. The fourth-order valence-electron chi connectivity index (χ4n) is 1.39. The molecule has 1 N–H and O–H groups in total. The Morgan fingerprint density at radius 3 is 2.80 bits per heavy atom. The lowest BCUT2D eigenvalue weighted by Gasteiger charge is -1.97. The minimum Gasteiger partial charge on any atom is -0.318 e. The number of nitrogens with zero attached hydrogens (tertiary/aromatic N) is 1. The number of Topliss-reactive ketones (excluding diaryl/α,β-unsaturated/α-hetero) is 1. The third-order valence-electron chi connectivity index (χ3n) is 2.00. The van der Waals surface area contributed by atoms with Crippen molar-refractivity contribution < 1.29 is 9.59 Å². The molecule has 2 rings (SSSR count). The minimum atomic E-state index is -0.656. The van der Waals surface area contributed by atoms with Crippen molar-refractivity contribution in [2.75, 3.05) is 5.32 Å². The maximum absolute atomic E-state index is 11.4. The second-order valence-electron chi connectivity index (χ2n) is 2.87. The molecule has 0 radical (unpaired) electrons. The molecule has 0 saturated heterocycles. The van der Waals surface area contributed by atoms with Crippen LogP contribution in [0.4, 0.5) is 5.69 Å². The summed E-state index contributed by atoms with van der Waals surface area (Å²) in [5.74, 6) is 3.46. The number of carbonyl (C=O) groups excluding carboxylic acids is 2. The maximum Gasteiger partial charge on any atom is 0.296 e. The quantitative estimate of drug-likeness (QED) is 0.490. The summed E-state index contributed by atoms with van der Waals surface area (Å²) in [5.41, 5.74) is 1.11. The van der Waals surface area contributed by atoms with Crippen LogP contribution >= 0.6 is 0 Å². The highest BCUT2D eigenvalue weighted by Gasteiger charge is 2.29. The van der Waals surface area contributed by atoms with Crippen LogP contribution in [0.2, 0.25) is 0 Å². The van der Waals surface area contributed by atoms with Gasteiger partial charge in [0.05, 0.1) is 11.3 Å². The van der Waals surface area contributed by atoms with Crippen LogP contribution in [0.5, 0.6) is 0 Å². The third-order valence-corrected chi connectivity index (χ3v) is 2.00. The molecule has 0 aromatic heterocycles. The van der Waals surface area contributed by atoms with Crippen LogP contribution in [0.1, 0.15) is 15.9 Å². The summed E-state index contributed by atoms with van der Waals surface area (Å²) in [5, 5.41) is 10.7. The van der Waals surface area contributed by atoms with E-state index in [0.29, 0.717) is 11.3 Å². The number of fused-ring (bicyclic) bond motifs is 1. The maximum atomic E-state index is 11.4. The van der Waals surface area contributed by atoms with Crippen LogP contribution in [0.15, 0.2) is 18.2 Å². The molecule has 1 aliphatic rings. The topological polar surface area (TPSA) is 70.0 Å². The molecule has 4 heteroatoms. The molecular formula is C11H4N2O2. The van der Waals surface area contributed by atoms with Crippen molar-refractivity contribution >= 4 is 17.4 Å². The SMILES string of the molecule is N#CC#Cc1cccc2c1C(=O)C(=O)N2. The first-order chi connectivity index (χ1) is 7.24. The molecular weight excluding hydrogens is 192 g/mol. The highest BCUT2D eigenvalue weighted by molar-refractivity contribution is 6.52. The third kappa shape index (κ3) is 1.34. The second kappa shape index (κ2) is 3.28. The molecule has 0 bridgehead atoms. The normalized spacial score (nSPS) is 12.2. The molecule has 0 atom stereocenters. The largest absolute Gasteiger partial charge is 0.318 e. The van der Waals surface area contributed by atoms with Gasteiger partial charge in [-0.15, -0.1) is 0 Å². The molecule has 0 spiro atoms. The molecule has 1 aliphatic heterocycles. The van der Waals surface area contributed by atoms with E-state index in [9.17, 15) is 9.59 Å². The lowest BCUT2D eigenvalue weighted by atomic mass is 10.0. The molecule has 0 fully saturated rings. The van der Waals surface area contributed by atoms with Gasteiger partial charge in [-0.1, -0.05) is 6.07 Å². The van der Waals surface area contributed by atoms with E-state index in [1.54, 1.807) is 24.3 Å². The van der Waals surface area contributed by atoms with E-state index in [-0.39, 0.29) is 5.56 Å². The van der Waals surface area contributed by atoms with Gasteiger partial charge < -0.3 is 5.32 Å². The van der Waals surface area contributed by atoms with Crippen LogP contribution in [-0.2, 0) is 4.79 Å². The Kier molecular flexibility index (Phi) is 1.97. The van der Waals surface area contributed by atoms with Crippen molar-refractivity contribution in [1.82, 2.24) is 0 Å². The van der Waals surface area contributed by atoms with E-state index in [0.717, 1.165) is 0 Å². The molecule has 4 nitrogen and oxygen atoms in total. The van der Waals surface area contributed by atoms with Crippen molar-refractivity contribution in [3.05, 3.63) is 29.3 Å². The Morgan fingerprint density at radius 2 is 2.07 bits per heavy atom. The van der Waals surface area contributed by atoms with Crippen molar-refractivity contribution in [2.24, 2.45) is 0 Å². The summed E-state index contributed by atoms with van der Waals surface area (Å²) in [7, 11) is 0. The van der Waals surface area contributed by atoms with Gasteiger partial charge in [-0.25, -0.2) is 0 Å². The van der Waals surface area contributed by atoms with Gasteiger partial charge in [0.15, 0.2) is 6.07 Å². The van der Waals surface area contributed by atoms with Crippen molar-refractivity contribution in [1.29, 1.82) is 5.26 Å². The molecule has 70 valence electrons. The number of rotatable bonds is 0. The summed E-state index contributed by atoms with van der Waals surface area (Å²) < 4.78 is 0. The van der Waals surface area contributed by atoms with Crippen molar-refractivity contribution in [2.45, 2.75) is 0 Å². The predicted molar refractivity (Wildman–Crippen MR) is 51.9 cm³/mol. The first-order valence-electron chi connectivity index (χ1n) is 4.13. The number of amides is 1. The van der Waals surface area contributed by atoms with Crippen LogP contribution in [0.25, 0.3) is 0 Å². The predicted octanol–water partition coefficient (Wildman–Crippen LogP) is 0.696. The number of nitrogens with one attached hydrogen (secondary N) is 1. The van der Waals surface area contributed by atoms with Crippen LogP contribution in [0, 0.1) is 23.2 Å². The van der Waals surface area contributed by atoms with E-state index < -0.39 is 11.7 Å². The van der Waals surface area contributed by atoms with E-state index in [1.807, 2.05) is 0 Å². The Bertz CT molecular complexity index is 570. The monoisotopic (exact) mass is 196 g/mol. The van der Waals surface area contributed by atoms with Crippen molar-refractivity contribution in [3.8, 4) is 17.9 Å². The number of anilines is 1. The Morgan fingerprint density at radius 1 is 1.27 bits per heavy atom. The molecule has 0 unspecified atom stereocenters. The van der Waals surface area contributed by atoms with Gasteiger partial charge in [-0.3, -0.25) is 9.59 Å². The molecule has 1 heterocycles. The molecule has 1 amide bonds. The number of hydrogen-bond acceptors (Lipinski definition) is 3. The van der Waals surface area contributed by atoms with E-state index in [1.165, 1.54) is 0 Å². The van der Waals surface area contributed by atoms with Crippen molar-refractivity contribution in [3.63, 3.8) is 0 Å².